The number of aromatic nitrogens is 4. The molecular weight excluding hydrogens is 426 g/mol. The number of amides is 1. The summed E-state index contributed by atoms with van der Waals surface area (Å²) in [6.45, 7) is 1.79. The smallest absolute Gasteiger partial charge is 0.239 e. The Morgan fingerprint density at radius 2 is 2.24 bits per heavy atom. The van der Waals surface area contributed by atoms with Crippen LogP contribution in [0.4, 0.5) is 5.13 Å². The van der Waals surface area contributed by atoms with Gasteiger partial charge in [0.2, 0.25) is 5.91 Å². The number of aromatic hydroxyl groups is 1. The molecule has 10 heteroatoms. The molecule has 0 aliphatic rings. The number of hydrogen-bond donors (Lipinski definition) is 2. The summed E-state index contributed by atoms with van der Waals surface area (Å²) in [6.07, 6.45) is 1.64. The van der Waals surface area contributed by atoms with Crippen LogP contribution in [0, 0.1) is 0 Å². The molecule has 2 N–H and O–H groups in total. The highest BCUT2D eigenvalue weighted by Crippen LogP contribution is 2.33. The van der Waals surface area contributed by atoms with Gasteiger partial charge < -0.3 is 15.0 Å². The van der Waals surface area contributed by atoms with Crippen molar-refractivity contribution in [1.82, 2.24) is 19.7 Å². The number of phenols is 1. The molecule has 3 rings (SSSR count). The Morgan fingerprint density at radius 3 is 2.96 bits per heavy atom. The van der Waals surface area contributed by atoms with Gasteiger partial charge in [-0.05, 0) is 25.1 Å². The van der Waals surface area contributed by atoms with Gasteiger partial charge in [0.25, 0.3) is 0 Å². The third kappa shape index (κ3) is 4.02. The average Bonchev–Trinajstić information content (AvgIpc) is 3.21. The highest BCUT2D eigenvalue weighted by atomic mass is 79.9. The second-order valence-corrected chi connectivity index (χ2v) is 8.23. The number of phenolic OH excluding ortho intramolecular Hbond substituents is 1. The van der Waals surface area contributed by atoms with Crippen molar-refractivity contribution in [3.05, 3.63) is 34.2 Å². The zero-order valence-electron chi connectivity index (χ0n) is 13.3. The van der Waals surface area contributed by atoms with E-state index in [4.69, 9.17) is 0 Å². The number of hydrogen-bond acceptors (Lipinski definition) is 7. The van der Waals surface area contributed by atoms with Crippen molar-refractivity contribution >= 4 is 50.1 Å². The maximum Gasteiger partial charge on any atom is 0.239 e. The molecule has 0 unspecified atom stereocenters. The molecule has 0 spiro atoms. The SMILES string of the molecule is C[C@H](Sc1nnc(-c2cc(Br)ccc2O)n1C)C(=O)Nc1nccs1. The van der Waals surface area contributed by atoms with Crippen molar-refractivity contribution in [1.29, 1.82) is 0 Å². The zero-order chi connectivity index (χ0) is 18.0. The molecule has 0 saturated carbocycles. The van der Waals surface area contributed by atoms with Crippen LogP contribution in [-0.2, 0) is 11.8 Å². The van der Waals surface area contributed by atoms with Gasteiger partial charge in [0.1, 0.15) is 5.75 Å². The first-order chi connectivity index (χ1) is 12.0. The molecule has 0 aliphatic heterocycles. The van der Waals surface area contributed by atoms with Gasteiger partial charge in [-0.2, -0.15) is 0 Å². The van der Waals surface area contributed by atoms with Gasteiger partial charge in [-0.25, -0.2) is 4.98 Å². The van der Waals surface area contributed by atoms with E-state index in [1.165, 1.54) is 23.1 Å². The fourth-order valence-corrected chi connectivity index (χ4v) is 3.75. The molecule has 2 heterocycles. The second-order valence-electron chi connectivity index (χ2n) is 5.11. The molecule has 1 amide bonds. The topological polar surface area (TPSA) is 92.9 Å². The van der Waals surface area contributed by atoms with Crippen LogP contribution in [0.25, 0.3) is 11.4 Å². The van der Waals surface area contributed by atoms with Gasteiger partial charge in [-0.3, -0.25) is 4.79 Å². The summed E-state index contributed by atoms with van der Waals surface area (Å²) in [5.74, 6) is 0.480. The quantitative estimate of drug-likeness (QED) is 0.590. The van der Waals surface area contributed by atoms with Crippen LogP contribution >= 0.6 is 39.0 Å². The van der Waals surface area contributed by atoms with E-state index in [1.807, 2.05) is 0 Å². The minimum absolute atomic E-state index is 0.116. The van der Waals surface area contributed by atoms with Crippen molar-refractivity contribution in [2.24, 2.45) is 7.05 Å². The van der Waals surface area contributed by atoms with Crippen molar-refractivity contribution in [3.8, 4) is 17.1 Å². The van der Waals surface area contributed by atoms with E-state index in [0.717, 1.165) is 4.47 Å². The number of anilines is 1. The fourth-order valence-electron chi connectivity index (χ4n) is 2.04. The maximum atomic E-state index is 12.2. The largest absolute Gasteiger partial charge is 0.507 e. The Labute approximate surface area is 160 Å². The predicted molar refractivity (Wildman–Crippen MR) is 102 cm³/mol. The molecule has 0 saturated heterocycles. The number of benzene rings is 1. The normalized spacial score (nSPS) is 12.1. The maximum absolute atomic E-state index is 12.2. The van der Waals surface area contributed by atoms with Gasteiger partial charge in [-0.1, -0.05) is 27.7 Å². The number of nitrogens with one attached hydrogen (secondary N) is 1. The van der Waals surface area contributed by atoms with Crippen LogP contribution in [0.15, 0.2) is 39.4 Å². The number of carbonyl (C=O) groups is 1. The van der Waals surface area contributed by atoms with E-state index in [0.29, 0.717) is 21.7 Å². The van der Waals surface area contributed by atoms with Crippen LogP contribution in [0.2, 0.25) is 0 Å². The van der Waals surface area contributed by atoms with Gasteiger partial charge >= 0.3 is 0 Å². The monoisotopic (exact) mass is 439 g/mol. The average molecular weight is 440 g/mol. The standard InChI is InChI=1S/C15H14BrN5O2S2/c1-8(13(23)18-14-17-5-6-24-14)25-15-20-19-12(21(15)2)10-7-9(16)3-4-11(10)22/h3-8,22H,1-2H3,(H,17,18,23)/t8-/m0/s1. The Morgan fingerprint density at radius 1 is 1.44 bits per heavy atom. The molecule has 7 nitrogen and oxygen atoms in total. The van der Waals surface area contributed by atoms with Crippen LogP contribution in [-0.4, -0.2) is 36.0 Å². The minimum atomic E-state index is -0.379. The summed E-state index contributed by atoms with van der Waals surface area (Å²) >= 11 is 6.03. The molecule has 2 aromatic heterocycles. The van der Waals surface area contributed by atoms with Crippen molar-refractivity contribution in [2.75, 3.05) is 5.32 Å². The molecule has 0 radical (unpaired) electrons. The molecule has 130 valence electrons. The first-order valence-electron chi connectivity index (χ1n) is 7.21. The van der Waals surface area contributed by atoms with E-state index in [2.05, 4.69) is 36.4 Å². The third-order valence-electron chi connectivity index (χ3n) is 3.35. The Balaban J connectivity index is 1.77. The Bertz CT molecular complexity index is 897. The lowest BCUT2D eigenvalue weighted by molar-refractivity contribution is -0.115. The number of thioether (sulfide) groups is 1. The lowest BCUT2D eigenvalue weighted by Crippen LogP contribution is -2.22. The van der Waals surface area contributed by atoms with Gasteiger partial charge in [0.15, 0.2) is 16.1 Å². The number of rotatable bonds is 5. The van der Waals surface area contributed by atoms with E-state index in [1.54, 1.807) is 48.3 Å². The summed E-state index contributed by atoms with van der Waals surface area (Å²) in [7, 11) is 1.80. The van der Waals surface area contributed by atoms with Gasteiger partial charge in [-0.15, -0.1) is 21.5 Å². The second kappa shape index (κ2) is 7.54. The molecule has 0 aliphatic carbocycles. The van der Waals surface area contributed by atoms with E-state index < -0.39 is 0 Å². The third-order valence-corrected chi connectivity index (χ3v) is 5.66. The van der Waals surface area contributed by atoms with Crippen molar-refractivity contribution < 1.29 is 9.90 Å². The molecule has 0 bridgehead atoms. The lowest BCUT2D eigenvalue weighted by atomic mass is 10.2. The summed E-state index contributed by atoms with van der Waals surface area (Å²) in [5, 5.41) is 23.7. The lowest BCUT2D eigenvalue weighted by Gasteiger charge is -2.10. The van der Waals surface area contributed by atoms with E-state index >= 15 is 0 Å². The van der Waals surface area contributed by atoms with E-state index in [-0.39, 0.29) is 16.9 Å². The first-order valence-corrected chi connectivity index (χ1v) is 9.76. The van der Waals surface area contributed by atoms with Crippen molar-refractivity contribution in [2.45, 2.75) is 17.3 Å². The van der Waals surface area contributed by atoms with Crippen LogP contribution in [0.3, 0.4) is 0 Å². The number of thiazole rings is 1. The Hall–Kier alpha value is -1.91. The summed E-state index contributed by atoms with van der Waals surface area (Å²) < 4.78 is 2.58. The van der Waals surface area contributed by atoms with E-state index in [9.17, 15) is 9.90 Å². The van der Waals surface area contributed by atoms with Crippen LogP contribution in [0.5, 0.6) is 5.75 Å². The number of carbonyl (C=O) groups excluding carboxylic acids is 1. The highest BCUT2D eigenvalue weighted by Gasteiger charge is 2.21. The molecule has 0 fully saturated rings. The fraction of sp³-hybridized carbons (Fsp3) is 0.200. The molecule has 3 aromatic rings. The summed E-state index contributed by atoms with van der Waals surface area (Å²) in [4.78, 5) is 16.3. The molecule has 1 aromatic carbocycles. The highest BCUT2D eigenvalue weighted by molar-refractivity contribution is 9.10. The van der Waals surface area contributed by atoms with Crippen molar-refractivity contribution in [3.63, 3.8) is 0 Å². The summed E-state index contributed by atoms with van der Waals surface area (Å²) in [6, 6.07) is 5.10. The predicted octanol–water partition coefficient (Wildman–Crippen LogP) is 3.53. The minimum Gasteiger partial charge on any atom is -0.507 e. The van der Waals surface area contributed by atoms with Gasteiger partial charge in [0, 0.05) is 23.1 Å². The molecular formula is C15H14BrN5O2S2. The van der Waals surface area contributed by atoms with Crippen LogP contribution in [0.1, 0.15) is 6.92 Å². The number of halogens is 1. The van der Waals surface area contributed by atoms with Crippen LogP contribution < -0.4 is 5.32 Å². The summed E-state index contributed by atoms with van der Waals surface area (Å²) in [5.41, 5.74) is 0.566. The molecule has 25 heavy (non-hydrogen) atoms. The number of nitrogens with zero attached hydrogens (tertiary/aromatic N) is 4. The molecule has 1 atom stereocenters. The first kappa shape index (κ1) is 17.9. The Kier molecular flexibility index (Phi) is 5.40. The van der Waals surface area contributed by atoms with Gasteiger partial charge in [0.05, 0.1) is 10.8 Å². The zero-order valence-corrected chi connectivity index (χ0v) is 16.5.